The molecule has 1 aromatic carbocycles. The van der Waals surface area contributed by atoms with Gasteiger partial charge in [0, 0.05) is 49.2 Å². The Bertz CT molecular complexity index is 676. The minimum atomic E-state index is -0.367. The Morgan fingerprint density at radius 3 is 3.05 bits per heavy atom. The fraction of sp³-hybridized carbons (Fsp3) is 0.357. The maximum atomic E-state index is 11.1. The van der Waals surface area contributed by atoms with Crippen molar-refractivity contribution in [1.82, 2.24) is 4.98 Å². The lowest BCUT2D eigenvalue weighted by Crippen LogP contribution is -2.45. The Labute approximate surface area is 121 Å². The minimum absolute atomic E-state index is 0.0133. The smallest absolute Gasteiger partial charge is 0.277 e. The Kier molecular flexibility index (Phi) is 3.68. The molecule has 1 atom stereocenters. The lowest BCUT2D eigenvalue weighted by Gasteiger charge is -2.34. The number of hydrogen-bond donors (Lipinski definition) is 1. The van der Waals surface area contributed by atoms with Crippen molar-refractivity contribution in [3.05, 3.63) is 40.7 Å². The molecule has 2 N–H and O–H groups in total. The van der Waals surface area contributed by atoms with Gasteiger partial charge in [0.05, 0.1) is 23.0 Å². The number of non-ortho nitro benzene ring substituents is 1. The lowest BCUT2D eigenvalue weighted by molar-refractivity contribution is -0.383. The van der Waals surface area contributed by atoms with Crippen LogP contribution in [0.1, 0.15) is 0 Å². The number of nitro benzene ring substituents is 1. The van der Waals surface area contributed by atoms with Gasteiger partial charge in [-0.2, -0.15) is 0 Å². The first-order valence-electron chi connectivity index (χ1n) is 6.78. The van der Waals surface area contributed by atoms with Crippen LogP contribution in [-0.2, 0) is 4.74 Å². The van der Waals surface area contributed by atoms with Gasteiger partial charge in [0.2, 0.25) is 0 Å². The number of nitrogens with zero attached hydrogens (tertiary/aromatic N) is 3. The number of rotatable bonds is 3. The molecule has 0 amide bonds. The second-order valence-corrected chi connectivity index (χ2v) is 4.96. The van der Waals surface area contributed by atoms with Crippen molar-refractivity contribution in [2.45, 2.75) is 6.10 Å². The molecule has 1 aromatic heterocycles. The van der Waals surface area contributed by atoms with Gasteiger partial charge in [-0.3, -0.25) is 15.1 Å². The summed E-state index contributed by atoms with van der Waals surface area (Å²) >= 11 is 0. The van der Waals surface area contributed by atoms with Crippen LogP contribution >= 0.6 is 0 Å². The van der Waals surface area contributed by atoms with E-state index >= 15 is 0 Å². The highest BCUT2D eigenvalue weighted by Gasteiger charge is 2.23. The molecule has 1 fully saturated rings. The van der Waals surface area contributed by atoms with Gasteiger partial charge < -0.3 is 15.4 Å². The van der Waals surface area contributed by atoms with E-state index in [-0.39, 0.29) is 16.7 Å². The molecule has 1 saturated heterocycles. The summed E-state index contributed by atoms with van der Waals surface area (Å²) in [4.78, 5) is 17.0. The molecule has 7 nitrogen and oxygen atoms in total. The molecule has 0 bridgehead atoms. The third kappa shape index (κ3) is 2.53. The molecule has 3 rings (SSSR count). The Morgan fingerprint density at radius 1 is 1.43 bits per heavy atom. The van der Waals surface area contributed by atoms with Crippen LogP contribution in [0.25, 0.3) is 10.8 Å². The minimum Gasteiger partial charge on any atom is -0.373 e. The van der Waals surface area contributed by atoms with E-state index in [2.05, 4.69) is 9.88 Å². The summed E-state index contributed by atoms with van der Waals surface area (Å²) in [5.74, 6) is 0. The van der Waals surface area contributed by atoms with Gasteiger partial charge >= 0.3 is 0 Å². The van der Waals surface area contributed by atoms with Gasteiger partial charge in [0.15, 0.2) is 0 Å². The zero-order valence-electron chi connectivity index (χ0n) is 11.4. The number of fused-ring (bicyclic) bond motifs is 1. The summed E-state index contributed by atoms with van der Waals surface area (Å²) in [7, 11) is 0. The number of nitrogens with two attached hydrogens (primary N) is 1. The predicted molar refractivity (Wildman–Crippen MR) is 79.4 cm³/mol. The molecule has 0 aliphatic carbocycles. The van der Waals surface area contributed by atoms with Gasteiger partial charge in [-0.1, -0.05) is 0 Å². The monoisotopic (exact) mass is 288 g/mol. The van der Waals surface area contributed by atoms with Crippen molar-refractivity contribution in [3.63, 3.8) is 0 Å². The Hall–Kier alpha value is -2.25. The van der Waals surface area contributed by atoms with Gasteiger partial charge in [0.1, 0.15) is 0 Å². The number of anilines is 1. The fourth-order valence-electron chi connectivity index (χ4n) is 2.68. The SMILES string of the molecule is NCC1CN(c2ccc([N+](=O)[O-])c3ccncc23)CCO1. The topological polar surface area (TPSA) is 94.5 Å². The zero-order valence-corrected chi connectivity index (χ0v) is 11.4. The maximum absolute atomic E-state index is 11.1. The quantitative estimate of drug-likeness (QED) is 0.676. The summed E-state index contributed by atoms with van der Waals surface area (Å²) in [6.45, 7) is 2.47. The number of morpholine rings is 1. The lowest BCUT2D eigenvalue weighted by atomic mass is 10.1. The van der Waals surface area contributed by atoms with Crippen LogP contribution in [0, 0.1) is 10.1 Å². The van der Waals surface area contributed by atoms with E-state index in [1.807, 2.05) is 0 Å². The number of hydrogen-bond acceptors (Lipinski definition) is 6. The summed E-state index contributed by atoms with van der Waals surface area (Å²) in [5, 5.41) is 12.5. The molecule has 1 aliphatic rings. The van der Waals surface area contributed by atoms with Crippen LogP contribution in [0.4, 0.5) is 11.4 Å². The highest BCUT2D eigenvalue weighted by atomic mass is 16.6. The van der Waals surface area contributed by atoms with Gasteiger partial charge in [0.25, 0.3) is 5.69 Å². The van der Waals surface area contributed by atoms with Gasteiger partial charge in [-0.05, 0) is 12.1 Å². The second kappa shape index (κ2) is 5.63. The van der Waals surface area contributed by atoms with Crippen LogP contribution < -0.4 is 10.6 Å². The fourth-order valence-corrected chi connectivity index (χ4v) is 2.68. The van der Waals surface area contributed by atoms with Crippen molar-refractivity contribution in [2.75, 3.05) is 31.1 Å². The van der Waals surface area contributed by atoms with E-state index in [4.69, 9.17) is 10.5 Å². The van der Waals surface area contributed by atoms with Crippen LogP contribution in [0.15, 0.2) is 30.6 Å². The number of aromatic nitrogens is 1. The van der Waals surface area contributed by atoms with Crippen molar-refractivity contribution in [1.29, 1.82) is 0 Å². The number of ether oxygens (including phenoxy) is 1. The highest BCUT2D eigenvalue weighted by molar-refractivity contribution is 5.99. The first kappa shape index (κ1) is 13.7. The third-order valence-corrected chi connectivity index (χ3v) is 3.71. The summed E-state index contributed by atoms with van der Waals surface area (Å²) in [5.41, 5.74) is 6.70. The molecule has 21 heavy (non-hydrogen) atoms. The number of benzene rings is 1. The average Bonchev–Trinajstić information content (AvgIpc) is 2.53. The van der Waals surface area contributed by atoms with Crippen molar-refractivity contribution >= 4 is 22.1 Å². The van der Waals surface area contributed by atoms with E-state index in [0.29, 0.717) is 25.1 Å². The molecular weight excluding hydrogens is 272 g/mol. The normalized spacial score (nSPS) is 18.9. The van der Waals surface area contributed by atoms with E-state index in [9.17, 15) is 10.1 Å². The molecule has 1 aliphatic heterocycles. The van der Waals surface area contributed by atoms with E-state index in [0.717, 1.165) is 17.6 Å². The molecule has 0 spiro atoms. The Morgan fingerprint density at radius 2 is 2.29 bits per heavy atom. The van der Waals surface area contributed by atoms with E-state index in [1.165, 1.54) is 0 Å². The van der Waals surface area contributed by atoms with Crippen molar-refractivity contribution < 1.29 is 9.66 Å². The third-order valence-electron chi connectivity index (χ3n) is 3.71. The van der Waals surface area contributed by atoms with E-state index < -0.39 is 0 Å². The molecule has 7 heteroatoms. The number of pyridine rings is 1. The molecule has 2 heterocycles. The van der Waals surface area contributed by atoms with E-state index in [1.54, 1.807) is 30.6 Å². The zero-order chi connectivity index (χ0) is 14.8. The van der Waals surface area contributed by atoms with Crippen LogP contribution in [0.5, 0.6) is 0 Å². The van der Waals surface area contributed by atoms with Crippen LogP contribution in [0.2, 0.25) is 0 Å². The predicted octanol–water partition coefficient (Wildman–Crippen LogP) is 1.31. The molecule has 0 radical (unpaired) electrons. The molecule has 0 saturated carbocycles. The van der Waals surface area contributed by atoms with Crippen molar-refractivity contribution in [2.24, 2.45) is 5.73 Å². The highest BCUT2D eigenvalue weighted by Crippen LogP contribution is 2.33. The molecule has 1 unspecified atom stereocenters. The van der Waals surface area contributed by atoms with Crippen molar-refractivity contribution in [3.8, 4) is 0 Å². The molecule has 2 aromatic rings. The first-order chi connectivity index (χ1) is 10.2. The van der Waals surface area contributed by atoms with Crippen LogP contribution in [-0.4, -0.2) is 42.3 Å². The Balaban J connectivity index is 2.07. The average molecular weight is 288 g/mol. The summed E-state index contributed by atoms with van der Waals surface area (Å²) in [6.07, 6.45) is 3.23. The largest absolute Gasteiger partial charge is 0.373 e. The standard InChI is InChI=1S/C14H16N4O3/c15-7-10-9-17(5-6-21-10)13-1-2-14(18(19)20)11-3-4-16-8-12(11)13/h1-4,8,10H,5-7,9,15H2. The second-order valence-electron chi connectivity index (χ2n) is 4.96. The summed E-state index contributed by atoms with van der Waals surface area (Å²) in [6, 6.07) is 5.00. The number of nitro groups is 1. The first-order valence-corrected chi connectivity index (χ1v) is 6.78. The summed E-state index contributed by atoms with van der Waals surface area (Å²) < 4.78 is 5.56. The maximum Gasteiger partial charge on any atom is 0.277 e. The molecule has 110 valence electrons. The van der Waals surface area contributed by atoms with Crippen LogP contribution in [0.3, 0.4) is 0 Å². The van der Waals surface area contributed by atoms with Gasteiger partial charge in [-0.15, -0.1) is 0 Å². The van der Waals surface area contributed by atoms with Gasteiger partial charge in [-0.25, -0.2) is 0 Å². The molecular formula is C14H16N4O3.